The quantitative estimate of drug-likeness (QED) is 0.588. The number of methoxy groups -OCH3 is 2. The molecule has 0 amide bonds. The van der Waals surface area contributed by atoms with Crippen molar-refractivity contribution in [1.82, 2.24) is 0 Å². The van der Waals surface area contributed by atoms with Crippen molar-refractivity contribution < 1.29 is 14.4 Å². The zero-order chi connectivity index (χ0) is 13.7. The molecular formula is C12H17NO4S. The maximum atomic E-state index is 10.7. The number of ether oxygens (including phenoxy) is 2. The average Bonchev–Trinajstić information content (AvgIpc) is 2.67. The molecule has 100 valence electrons. The molecule has 6 heteroatoms. The Labute approximate surface area is 110 Å². The average molecular weight is 271 g/mol. The molecule has 1 aromatic rings. The summed E-state index contributed by atoms with van der Waals surface area (Å²) in [6, 6.07) is 0. The summed E-state index contributed by atoms with van der Waals surface area (Å²) < 4.78 is 10.6. The van der Waals surface area contributed by atoms with Crippen LogP contribution in [0, 0.1) is 10.1 Å². The largest absolute Gasteiger partial charge is 0.487 e. The Morgan fingerprint density at radius 1 is 1.39 bits per heavy atom. The first-order chi connectivity index (χ1) is 8.54. The molecular weight excluding hydrogens is 254 g/mol. The molecule has 0 atom stereocenters. The lowest BCUT2D eigenvalue weighted by Crippen LogP contribution is -1.95. The number of hydrogen-bond donors (Lipinski definition) is 0. The maximum Gasteiger partial charge on any atom is 0.243 e. The van der Waals surface area contributed by atoms with Crippen molar-refractivity contribution in [3.05, 3.63) is 26.9 Å². The molecule has 0 aromatic carbocycles. The van der Waals surface area contributed by atoms with E-state index in [2.05, 4.69) is 6.92 Å². The first kappa shape index (κ1) is 14.5. The predicted octanol–water partition coefficient (Wildman–Crippen LogP) is 3.36. The van der Waals surface area contributed by atoms with Crippen LogP contribution in [-0.4, -0.2) is 19.1 Å². The SMILES string of the molecule is CCCc1c(OC)sc(OC)c1C=C(C)[N+](=O)[O-]. The Morgan fingerprint density at radius 2 is 2.00 bits per heavy atom. The van der Waals surface area contributed by atoms with Gasteiger partial charge in [0.25, 0.3) is 0 Å². The molecule has 1 rings (SSSR count). The van der Waals surface area contributed by atoms with Gasteiger partial charge in [-0.2, -0.15) is 0 Å². The fourth-order valence-corrected chi connectivity index (χ4v) is 2.61. The number of rotatable bonds is 6. The van der Waals surface area contributed by atoms with Crippen LogP contribution in [0.4, 0.5) is 0 Å². The van der Waals surface area contributed by atoms with Gasteiger partial charge in [0.2, 0.25) is 5.70 Å². The van der Waals surface area contributed by atoms with Crippen molar-refractivity contribution in [2.75, 3.05) is 14.2 Å². The maximum absolute atomic E-state index is 10.7. The summed E-state index contributed by atoms with van der Waals surface area (Å²) in [4.78, 5) is 10.3. The molecule has 1 heterocycles. The standard InChI is InChI=1S/C12H17NO4S/c1-5-6-9-10(7-8(2)13(14)15)12(17-4)18-11(9)16-3/h7H,5-6H2,1-4H3. The van der Waals surface area contributed by atoms with E-state index in [1.54, 1.807) is 20.3 Å². The van der Waals surface area contributed by atoms with Gasteiger partial charge in [0.05, 0.1) is 19.1 Å². The first-order valence-electron chi connectivity index (χ1n) is 5.61. The number of hydrogen-bond acceptors (Lipinski definition) is 5. The van der Waals surface area contributed by atoms with Crippen LogP contribution in [-0.2, 0) is 6.42 Å². The Kier molecular flexibility index (Phi) is 5.15. The highest BCUT2D eigenvalue weighted by Crippen LogP contribution is 2.42. The first-order valence-corrected chi connectivity index (χ1v) is 6.43. The summed E-state index contributed by atoms with van der Waals surface area (Å²) in [5.41, 5.74) is 1.82. The van der Waals surface area contributed by atoms with Gasteiger partial charge in [0, 0.05) is 24.1 Å². The minimum Gasteiger partial charge on any atom is -0.487 e. The van der Waals surface area contributed by atoms with Gasteiger partial charge < -0.3 is 9.47 Å². The normalized spacial score (nSPS) is 11.4. The third-order valence-electron chi connectivity index (χ3n) is 2.49. The van der Waals surface area contributed by atoms with Crippen molar-refractivity contribution >= 4 is 17.4 Å². The summed E-state index contributed by atoms with van der Waals surface area (Å²) >= 11 is 1.37. The van der Waals surface area contributed by atoms with Crippen LogP contribution in [0.5, 0.6) is 10.1 Å². The van der Waals surface area contributed by atoms with Crippen LogP contribution in [0.15, 0.2) is 5.70 Å². The van der Waals surface area contributed by atoms with Gasteiger partial charge in [-0.05, 0) is 6.42 Å². The van der Waals surface area contributed by atoms with E-state index in [0.29, 0.717) is 5.06 Å². The zero-order valence-corrected chi connectivity index (χ0v) is 11.8. The van der Waals surface area contributed by atoms with Crippen LogP contribution in [0.1, 0.15) is 31.4 Å². The molecule has 0 saturated heterocycles. The van der Waals surface area contributed by atoms with E-state index in [-0.39, 0.29) is 5.70 Å². The van der Waals surface area contributed by atoms with E-state index in [1.165, 1.54) is 18.3 Å². The molecule has 0 unspecified atom stereocenters. The second-order valence-corrected chi connectivity index (χ2v) is 4.72. The summed E-state index contributed by atoms with van der Waals surface area (Å²) in [6.07, 6.45) is 3.29. The van der Waals surface area contributed by atoms with Gasteiger partial charge in [0.15, 0.2) is 10.1 Å². The Bertz CT molecular complexity index is 465. The van der Waals surface area contributed by atoms with Crippen molar-refractivity contribution in [3.8, 4) is 10.1 Å². The van der Waals surface area contributed by atoms with Crippen LogP contribution < -0.4 is 9.47 Å². The predicted molar refractivity (Wildman–Crippen MR) is 72.1 cm³/mol. The van der Waals surface area contributed by atoms with Crippen LogP contribution in [0.3, 0.4) is 0 Å². The minimum absolute atomic E-state index is 0.0890. The number of allylic oxidation sites excluding steroid dienone is 1. The molecule has 0 bridgehead atoms. The smallest absolute Gasteiger partial charge is 0.243 e. The Morgan fingerprint density at radius 3 is 2.44 bits per heavy atom. The van der Waals surface area contributed by atoms with E-state index >= 15 is 0 Å². The van der Waals surface area contributed by atoms with E-state index in [0.717, 1.165) is 29.0 Å². The molecule has 0 spiro atoms. The number of nitro groups is 1. The summed E-state index contributed by atoms with van der Waals surface area (Å²) in [7, 11) is 3.15. The fraction of sp³-hybridized carbons (Fsp3) is 0.500. The number of thiophene rings is 1. The third-order valence-corrected chi connectivity index (χ3v) is 3.66. The molecule has 0 radical (unpaired) electrons. The molecule has 0 aliphatic rings. The third kappa shape index (κ3) is 3.01. The van der Waals surface area contributed by atoms with E-state index in [9.17, 15) is 10.1 Å². The molecule has 0 aliphatic heterocycles. The van der Waals surface area contributed by atoms with Gasteiger partial charge in [-0.1, -0.05) is 24.7 Å². The van der Waals surface area contributed by atoms with Gasteiger partial charge in [-0.25, -0.2) is 0 Å². The molecule has 1 aromatic heterocycles. The second-order valence-electron chi connectivity index (χ2n) is 3.77. The molecule has 5 nitrogen and oxygen atoms in total. The zero-order valence-electron chi connectivity index (χ0n) is 11.0. The highest BCUT2D eigenvalue weighted by molar-refractivity contribution is 7.16. The number of nitrogens with zero attached hydrogens (tertiary/aromatic N) is 1. The van der Waals surface area contributed by atoms with E-state index in [4.69, 9.17) is 9.47 Å². The molecule has 0 fully saturated rings. The highest BCUT2D eigenvalue weighted by atomic mass is 32.1. The Balaban J connectivity index is 3.33. The fourth-order valence-electron chi connectivity index (χ4n) is 1.64. The van der Waals surface area contributed by atoms with Crippen LogP contribution >= 0.6 is 11.3 Å². The van der Waals surface area contributed by atoms with E-state index in [1.807, 2.05) is 0 Å². The van der Waals surface area contributed by atoms with Crippen molar-refractivity contribution in [2.24, 2.45) is 0 Å². The Hall–Kier alpha value is -1.56. The lowest BCUT2D eigenvalue weighted by atomic mass is 10.1. The lowest BCUT2D eigenvalue weighted by molar-refractivity contribution is -0.422. The minimum atomic E-state index is -0.403. The molecule has 0 saturated carbocycles. The summed E-state index contributed by atoms with van der Waals surface area (Å²) in [6.45, 7) is 3.52. The summed E-state index contributed by atoms with van der Waals surface area (Å²) in [5.74, 6) is 0. The lowest BCUT2D eigenvalue weighted by Gasteiger charge is -2.02. The van der Waals surface area contributed by atoms with Crippen molar-refractivity contribution in [1.29, 1.82) is 0 Å². The topological polar surface area (TPSA) is 61.6 Å². The van der Waals surface area contributed by atoms with Crippen molar-refractivity contribution in [2.45, 2.75) is 26.7 Å². The molecule has 18 heavy (non-hydrogen) atoms. The van der Waals surface area contributed by atoms with Gasteiger partial charge >= 0.3 is 0 Å². The van der Waals surface area contributed by atoms with Gasteiger partial charge in [0.1, 0.15) is 0 Å². The summed E-state index contributed by atoms with van der Waals surface area (Å²) in [5, 5.41) is 12.1. The van der Waals surface area contributed by atoms with E-state index < -0.39 is 4.92 Å². The van der Waals surface area contributed by atoms with Crippen LogP contribution in [0.2, 0.25) is 0 Å². The monoisotopic (exact) mass is 271 g/mol. The molecule has 0 N–H and O–H groups in total. The van der Waals surface area contributed by atoms with Crippen molar-refractivity contribution in [3.63, 3.8) is 0 Å². The van der Waals surface area contributed by atoms with Crippen LogP contribution in [0.25, 0.3) is 6.08 Å². The second kappa shape index (κ2) is 6.39. The highest BCUT2D eigenvalue weighted by Gasteiger charge is 2.19. The van der Waals surface area contributed by atoms with Gasteiger partial charge in [-0.3, -0.25) is 10.1 Å². The van der Waals surface area contributed by atoms with Gasteiger partial charge in [-0.15, -0.1) is 0 Å². The molecule has 0 aliphatic carbocycles.